The third-order valence-corrected chi connectivity index (χ3v) is 4.04. The van der Waals surface area contributed by atoms with Crippen LogP contribution >= 0.6 is 0 Å². The van der Waals surface area contributed by atoms with Crippen LogP contribution in [0.25, 0.3) is 0 Å². The van der Waals surface area contributed by atoms with E-state index in [0.717, 1.165) is 32.5 Å². The summed E-state index contributed by atoms with van der Waals surface area (Å²) in [5.41, 5.74) is 0. The maximum absolute atomic E-state index is 10.5. The van der Waals surface area contributed by atoms with Gasteiger partial charge in [-0.2, -0.15) is 0 Å². The molecule has 0 aromatic heterocycles. The molecule has 1 aliphatic heterocycles. The fraction of sp³-hybridized carbons (Fsp3) is 1.00. The molecule has 0 amide bonds. The number of likely N-dealkylation sites (N-methyl/N-ethyl adjacent to an activating group) is 2. The minimum atomic E-state index is -0.180. The minimum Gasteiger partial charge on any atom is -0.391 e. The van der Waals surface area contributed by atoms with E-state index >= 15 is 0 Å². The summed E-state index contributed by atoms with van der Waals surface area (Å²) in [5.74, 6) is 0.443. The molecule has 0 aromatic rings. The predicted molar refractivity (Wildman–Crippen MR) is 68.6 cm³/mol. The first-order valence-electron chi connectivity index (χ1n) is 6.67. The van der Waals surface area contributed by atoms with Crippen LogP contribution in [-0.2, 0) is 0 Å². The maximum atomic E-state index is 10.5. The zero-order valence-electron chi connectivity index (χ0n) is 11.3. The first-order chi connectivity index (χ1) is 7.60. The quantitative estimate of drug-likeness (QED) is 0.788. The van der Waals surface area contributed by atoms with E-state index in [1.807, 2.05) is 0 Å². The number of rotatable bonds is 4. The van der Waals surface area contributed by atoms with Gasteiger partial charge in [0.25, 0.3) is 0 Å². The van der Waals surface area contributed by atoms with Gasteiger partial charge in [-0.1, -0.05) is 26.7 Å². The second-order valence-corrected chi connectivity index (χ2v) is 5.23. The van der Waals surface area contributed by atoms with E-state index in [4.69, 9.17) is 0 Å². The third kappa shape index (κ3) is 3.44. The molecule has 3 heteroatoms. The molecule has 1 fully saturated rings. The van der Waals surface area contributed by atoms with Gasteiger partial charge in [-0.05, 0) is 39.5 Å². The van der Waals surface area contributed by atoms with Crippen LogP contribution in [0, 0.1) is 5.92 Å². The zero-order valence-corrected chi connectivity index (χ0v) is 11.3. The second-order valence-electron chi connectivity index (χ2n) is 5.23. The van der Waals surface area contributed by atoms with Crippen LogP contribution in [-0.4, -0.2) is 60.8 Å². The van der Waals surface area contributed by atoms with Crippen molar-refractivity contribution in [3.8, 4) is 0 Å². The van der Waals surface area contributed by atoms with E-state index in [2.05, 4.69) is 37.7 Å². The van der Waals surface area contributed by atoms with Crippen molar-refractivity contribution in [2.45, 2.75) is 45.3 Å². The largest absolute Gasteiger partial charge is 0.391 e. The molecule has 0 saturated carbocycles. The Labute approximate surface area is 100 Å². The molecular weight excluding hydrogens is 200 g/mol. The van der Waals surface area contributed by atoms with Crippen LogP contribution in [0.2, 0.25) is 0 Å². The fourth-order valence-electron chi connectivity index (χ4n) is 2.76. The van der Waals surface area contributed by atoms with Crippen molar-refractivity contribution in [1.82, 2.24) is 9.80 Å². The van der Waals surface area contributed by atoms with Crippen LogP contribution in [0.1, 0.15) is 33.1 Å². The Balaban J connectivity index is 2.66. The predicted octanol–water partition coefficient (Wildman–Crippen LogP) is 1.42. The standard InChI is InChI=1S/C13H28N2O/c1-5-11(6-2)13(16)12-10-14(3)8-7-9-15(12)4/h11-13,16H,5-10H2,1-4H3. The number of hydrogen-bond acceptors (Lipinski definition) is 3. The molecule has 0 radical (unpaired) electrons. The van der Waals surface area contributed by atoms with Gasteiger partial charge in [-0.25, -0.2) is 0 Å². The Kier molecular flexibility index (Phi) is 5.73. The number of nitrogens with zero attached hydrogens (tertiary/aromatic N) is 2. The molecule has 1 aliphatic rings. The molecule has 0 aromatic carbocycles. The zero-order chi connectivity index (χ0) is 12.1. The smallest absolute Gasteiger partial charge is 0.0735 e. The summed E-state index contributed by atoms with van der Waals surface area (Å²) < 4.78 is 0. The third-order valence-electron chi connectivity index (χ3n) is 4.04. The van der Waals surface area contributed by atoms with E-state index in [1.165, 1.54) is 6.42 Å². The SMILES string of the molecule is CCC(CC)C(O)C1CN(C)CCCN1C. The molecule has 1 heterocycles. The Morgan fingerprint density at radius 3 is 2.38 bits per heavy atom. The lowest BCUT2D eigenvalue weighted by molar-refractivity contribution is 0.0133. The Bertz CT molecular complexity index is 194. The van der Waals surface area contributed by atoms with Crippen molar-refractivity contribution < 1.29 is 5.11 Å². The van der Waals surface area contributed by atoms with Gasteiger partial charge in [-0.3, -0.25) is 4.90 Å². The van der Waals surface area contributed by atoms with Crippen molar-refractivity contribution in [1.29, 1.82) is 0 Å². The van der Waals surface area contributed by atoms with E-state index in [0.29, 0.717) is 12.0 Å². The van der Waals surface area contributed by atoms with Crippen LogP contribution < -0.4 is 0 Å². The molecule has 0 aliphatic carbocycles. The average Bonchev–Trinajstić information content (AvgIpc) is 2.42. The lowest BCUT2D eigenvalue weighted by Crippen LogP contribution is -2.48. The Morgan fingerprint density at radius 2 is 1.81 bits per heavy atom. The summed E-state index contributed by atoms with van der Waals surface area (Å²) in [6.45, 7) is 7.60. The minimum absolute atomic E-state index is 0.180. The van der Waals surface area contributed by atoms with Gasteiger partial charge in [0.2, 0.25) is 0 Å². The molecule has 2 unspecified atom stereocenters. The van der Waals surface area contributed by atoms with Crippen LogP contribution in [0.15, 0.2) is 0 Å². The molecule has 1 N–H and O–H groups in total. The topological polar surface area (TPSA) is 26.7 Å². The summed E-state index contributed by atoms with van der Waals surface area (Å²) in [7, 11) is 4.31. The average molecular weight is 228 g/mol. The van der Waals surface area contributed by atoms with Crippen LogP contribution in [0.3, 0.4) is 0 Å². The van der Waals surface area contributed by atoms with E-state index in [9.17, 15) is 5.11 Å². The highest BCUT2D eigenvalue weighted by atomic mass is 16.3. The highest BCUT2D eigenvalue weighted by Gasteiger charge is 2.30. The number of aliphatic hydroxyl groups is 1. The van der Waals surface area contributed by atoms with Crippen molar-refractivity contribution in [2.75, 3.05) is 33.7 Å². The van der Waals surface area contributed by atoms with Crippen molar-refractivity contribution in [3.05, 3.63) is 0 Å². The van der Waals surface area contributed by atoms with E-state index < -0.39 is 0 Å². The normalized spacial score (nSPS) is 27.0. The molecule has 2 atom stereocenters. The highest BCUT2D eigenvalue weighted by molar-refractivity contribution is 4.86. The van der Waals surface area contributed by atoms with E-state index in [-0.39, 0.29) is 6.10 Å². The molecular formula is C13H28N2O. The monoisotopic (exact) mass is 228 g/mol. The van der Waals surface area contributed by atoms with E-state index in [1.54, 1.807) is 0 Å². The van der Waals surface area contributed by atoms with Gasteiger partial charge in [0.15, 0.2) is 0 Å². The van der Waals surface area contributed by atoms with Crippen molar-refractivity contribution in [2.24, 2.45) is 5.92 Å². The summed E-state index contributed by atoms with van der Waals surface area (Å²) in [6, 6.07) is 0.303. The van der Waals surface area contributed by atoms with Gasteiger partial charge in [0, 0.05) is 12.6 Å². The lowest BCUT2D eigenvalue weighted by atomic mass is 9.90. The van der Waals surface area contributed by atoms with Crippen molar-refractivity contribution >= 4 is 0 Å². The number of hydrogen-bond donors (Lipinski definition) is 1. The lowest BCUT2D eigenvalue weighted by Gasteiger charge is -2.35. The van der Waals surface area contributed by atoms with Crippen molar-refractivity contribution in [3.63, 3.8) is 0 Å². The van der Waals surface area contributed by atoms with Gasteiger partial charge < -0.3 is 10.0 Å². The molecule has 3 nitrogen and oxygen atoms in total. The van der Waals surface area contributed by atoms with Gasteiger partial charge >= 0.3 is 0 Å². The molecule has 0 bridgehead atoms. The molecule has 0 spiro atoms. The summed E-state index contributed by atoms with van der Waals surface area (Å²) in [5, 5.41) is 10.5. The Morgan fingerprint density at radius 1 is 1.19 bits per heavy atom. The summed E-state index contributed by atoms with van der Waals surface area (Å²) >= 11 is 0. The molecule has 1 rings (SSSR count). The molecule has 16 heavy (non-hydrogen) atoms. The fourth-order valence-corrected chi connectivity index (χ4v) is 2.76. The second kappa shape index (κ2) is 6.58. The first kappa shape index (κ1) is 13.9. The first-order valence-corrected chi connectivity index (χ1v) is 6.67. The molecule has 96 valence electrons. The number of aliphatic hydroxyl groups excluding tert-OH is 1. The highest BCUT2D eigenvalue weighted by Crippen LogP contribution is 2.21. The van der Waals surface area contributed by atoms with Gasteiger partial charge in [0.05, 0.1) is 6.10 Å². The summed E-state index contributed by atoms with van der Waals surface area (Å²) in [4.78, 5) is 4.69. The van der Waals surface area contributed by atoms with Gasteiger partial charge in [-0.15, -0.1) is 0 Å². The Hall–Kier alpha value is -0.120. The molecule has 1 saturated heterocycles. The van der Waals surface area contributed by atoms with Crippen LogP contribution in [0.4, 0.5) is 0 Å². The summed E-state index contributed by atoms with van der Waals surface area (Å²) in [6.07, 6.45) is 3.18. The van der Waals surface area contributed by atoms with Crippen LogP contribution in [0.5, 0.6) is 0 Å². The maximum Gasteiger partial charge on any atom is 0.0735 e. The van der Waals surface area contributed by atoms with Gasteiger partial charge in [0.1, 0.15) is 0 Å².